The van der Waals surface area contributed by atoms with Crippen LogP contribution in [0.25, 0.3) is 5.70 Å². The molecule has 210 valence electrons. The molecule has 1 fully saturated rings. The maximum Gasteiger partial charge on any atom is 0.157 e. The molecule has 0 spiro atoms. The Bertz CT molecular complexity index is 1040. The predicted molar refractivity (Wildman–Crippen MR) is 156 cm³/mol. The first-order chi connectivity index (χ1) is 18.0. The fourth-order valence-electron chi connectivity index (χ4n) is 3.78. The normalized spacial score (nSPS) is 16.7. The Kier molecular flexibility index (Phi) is 12.7. The largest absolute Gasteiger partial charge is 0.372 e. The summed E-state index contributed by atoms with van der Waals surface area (Å²) in [5, 5.41) is 9.01. The fourth-order valence-corrected chi connectivity index (χ4v) is 3.78. The van der Waals surface area contributed by atoms with Gasteiger partial charge in [-0.3, -0.25) is 0 Å². The van der Waals surface area contributed by atoms with Crippen LogP contribution in [0.4, 0.5) is 14.5 Å². The number of fused-ring (bicyclic) bond motifs is 1. The molecule has 1 atom stereocenters. The zero-order chi connectivity index (χ0) is 28.2. The van der Waals surface area contributed by atoms with Crippen molar-refractivity contribution in [1.82, 2.24) is 15.1 Å². The maximum atomic E-state index is 14.8. The summed E-state index contributed by atoms with van der Waals surface area (Å²) >= 11 is 0. The number of nitrogens with one attached hydrogen (secondary N) is 1. The third-order valence-corrected chi connectivity index (χ3v) is 6.52. The molecule has 0 amide bonds. The summed E-state index contributed by atoms with van der Waals surface area (Å²) in [6.45, 7) is 18.8. The first-order valence-electron chi connectivity index (χ1n) is 13.3. The lowest BCUT2D eigenvalue weighted by atomic mass is 10.1. The molecule has 1 unspecified atom stereocenters. The quantitative estimate of drug-likeness (QED) is 0.339. The smallest absolute Gasteiger partial charge is 0.157 e. The highest BCUT2D eigenvalue weighted by Crippen LogP contribution is 2.31. The van der Waals surface area contributed by atoms with Crippen molar-refractivity contribution in [3.05, 3.63) is 72.2 Å². The van der Waals surface area contributed by atoms with E-state index in [1.165, 1.54) is 37.4 Å². The summed E-state index contributed by atoms with van der Waals surface area (Å²) in [5.74, 6) is 1.64. The molecule has 2 aliphatic rings. The molecule has 0 saturated carbocycles. The van der Waals surface area contributed by atoms with Gasteiger partial charge in [0.2, 0.25) is 0 Å². The van der Waals surface area contributed by atoms with Gasteiger partial charge in [0.15, 0.2) is 5.84 Å². The molecular weight excluding hydrogens is 484 g/mol. The van der Waals surface area contributed by atoms with Gasteiger partial charge >= 0.3 is 0 Å². The van der Waals surface area contributed by atoms with Crippen molar-refractivity contribution in [2.75, 3.05) is 45.4 Å². The van der Waals surface area contributed by atoms with Crippen LogP contribution in [0.15, 0.2) is 66.0 Å². The van der Waals surface area contributed by atoms with Gasteiger partial charge in [-0.15, -0.1) is 0 Å². The second-order valence-corrected chi connectivity index (χ2v) is 10.2. The SMILES string of the molecule is C=C(N/C=C(\C)CC/C=C(\C)F)c1ccc(N2N=C3COCCN3C2=C)c(F)c1.CCC(C)CCN(C)C. The zero-order valence-corrected chi connectivity index (χ0v) is 24.0. The molecule has 0 bridgehead atoms. The molecule has 1 N–H and O–H groups in total. The van der Waals surface area contributed by atoms with Crippen LogP contribution in [-0.2, 0) is 4.74 Å². The predicted octanol–water partition coefficient (Wildman–Crippen LogP) is 6.86. The molecule has 0 aliphatic carbocycles. The van der Waals surface area contributed by atoms with Gasteiger partial charge in [0.05, 0.1) is 12.4 Å². The molecule has 1 saturated heterocycles. The summed E-state index contributed by atoms with van der Waals surface area (Å²) in [5.41, 5.74) is 2.58. The van der Waals surface area contributed by atoms with Crippen LogP contribution in [0, 0.1) is 11.7 Å². The van der Waals surface area contributed by atoms with Crippen LogP contribution < -0.4 is 10.3 Å². The zero-order valence-electron chi connectivity index (χ0n) is 24.0. The van der Waals surface area contributed by atoms with Gasteiger partial charge in [-0.2, -0.15) is 5.10 Å². The average molecular weight is 530 g/mol. The highest BCUT2D eigenvalue weighted by Gasteiger charge is 2.31. The third-order valence-electron chi connectivity index (χ3n) is 6.52. The number of anilines is 1. The van der Waals surface area contributed by atoms with Gasteiger partial charge in [0.25, 0.3) is 0 Å². The van der Waals surface area contributed by atoms with E-state index in [4.69, 9.17) is 4.74 Å². The monoisotopic (exact) mass is 529 g/mol. The molecule has 38 heavy (non-hydrogen) atoms. The summed E-state index contributed by atoms with van der Waals surface area (Å²) in [6.07, 6.45) is 7.37. The van der Waals surface area contributed by atoms with Crippen LogP contribution in [0.2, 0.25) is 0 Å². The summed E-state index contributed by atoms with van der Waals surface area (Å²) < 4.78 is 33.0. The van der Waals surface area contributed by atoms with Crippen LogP contribution in [0.1, 0.15) is 58.9 Å². The summed E-state index contributed by atoms with van der Waals surface area (Å²) in [6, 6.07) is 4.87. The number of morpholine rings is 1. The van der Waals surface area contributed by atoms with E-state index in [0.717, 1.165) is 23.7 Å². The van der Waals surface area contributed by atoms with Crippen molar-refractivity contribution >= 4 is 17.2 Å². The number of amidine groups is 1. The third kappa shape index (κ3) is 9.72. The first-order valence-corrected chi connectivity index (χ1v) is 13.3. The van der Waals surface area contributed by atoms with E-state index >= 15 is 0 Å². The van der Waals surface area contributed by atoms with E-state index in [0.29, 0.717) is 48.9 Å². The minimum absolute atomic E-state index is 0.180. The molecule has 6 nitrogen and oxygen atoms in total. The fraction of sp³-hybridized carbons (Fsp3) is 0.500. The number of hydrogen-bond acceptors (Lipinski definition) is 6. The van der Waals surface area contributed by atoms with E-state index in [2.05, 4.69) is 56.4 Å². The Morgan fingerprint density at radius 2 is 2.05 bits per heavy atom. The number of hydrazone groups is 1. The molecule has 0 aromatic heterocycles. The Balaban J connectivity index is 0.000000484. The molecule has 1 aromatic carbocycles. The Labute approximate surface area is 228 Å². The molecule has 2 heterocycles. The van der Waals surface area contributed by atoms with Gasteiger partial charge in [-0.1, -0.05) is 51.1 Å². The van der Waals surface area contributed by atoms with Crippen molar-refractivity contribution < 1.29 is 13.5 Å². The number of nitrogens with zero attached hydrogens (tertiary/aromatic N) is 4. The van der Waals surface area contributed by atoms with E-state index in [-0.39, 0.29) is 5.83 Å². The van der Waals surface area contributed by atoms with E-state index in [9.17, 15) is 8.78 Å². The second-order valence-electron chi connectivity index (χ2n) is 10.2. The second kappa shape index (κ2) is 15.4. The van der Waals surface area contributed by atoms with E-state index < -0.39 is 5.82 Å². The molecule has 3 rings (SSSR count). The lowest BCUT2D eigenvalue weighted by Gasteiger charge is -2.26. The number of ether oxygens (including phenoxy) is 1. The van der Waals surface area contributed by atoms with Gasteiger partial charge in [0.1, 0.15) is 23.9 Å². The number of halogens is 2. The number of rotatable bonds is 11. The maximum absolute atomic E-state index is 14.8. The highest BCUT2D eigenvalue weighted by atomic mass is 19.1. The average Bonchev–Trinajstić information content (AvgIpc) is 3.22. The molecule has 8 heteroatoms. The molecule has 1 aromatic rings. The van der Waals surface area contributed by atoms with Crippen LogP contribution in [-0.4, -0.2) is 56.0 Å². The number of benzene rings is 1. The van der Waals surface area contributed by atoms with E-state index in [1.807, 2.05) is 18.0 Å². The van der Waals surface area contributed by atoms with Crippen molar-refractivity contribution in [3.8, 4) is 0 Å². The minimum atomic E-state index is -0.416. The van der Waals surface area contributed by atoms with Crippen molar-refractivity contribution in [3.63, 3.8) is 0 Å². The van der Waals surface area contributed by atoms with Gasteiger partial charge < -0.3 is 19.9 Å². The highest BCUT2D eigenvalue weighted by molar-refractivity contribution is 5.90. The molecule has 2 aliphatic heterocycles. The van der Waals surface area contributed by atoms with E-state index in [1.54, 1.807) is 18.2 Å². The molecule has 0 radical (unpaired) electrons. The van der Waals surface area contributed by atoms with Gasteiger partial charge in [-0.25, -0.2) is 13.8 Å². The van der Waals surface area contributed by atoms with Crippen molar-refractivity contribution in [2.24, 2.45) is 11.0 Å². The Morgan fingerprint density at radius 1 is 1.32 bits per heavy atom. The summed E-state index contributed by atoms with van der Waals surface area (Å²) in [7, 11) is 4.25. The van der Waals surface area contributed by atoms with Gasteiger partial charge in [0, 0.05) is 17.8 Å². The van der Waals surface area contributed by atoms with Gasteiger partial charge in [-0.05, 0) is 78.0 Å². The summed E-state index contributed by atoms with van der Waals surface area (Å²) in [4.78, 5) is 4.18. The minimum Gasteiger partial charge on any atom is -0.372 e. The number of allylic oxidation sites excluding steroid dienone is 3. The number of hydrogen-bond donors (Lipinski definition) is 1. The van der Waals surface area contributed by atoms with Crippen LogP contribution >= 0.6 is 0 Å². The topological polar surface area (TPSA) is 43.3 Å². The lowest BCUT2D eigenvalue weighted by molar-refractivity contribution is 0.130. The Morgan fingerprint density at radius 3 is 2.66 bits per heavy atom. The molecular formula is C30H45F2N5O. The van der Waals surface area contributed by atoms with Crippen molar-refractivity contribution in [2.45, 2.75) is 53.4 Å². The van der Waals surface area contributed by atoms with Crippen LogP contribution in [0.5, 0.6) is 0 Å². The van der Waals surface area contributed by atoms with Crippen molar-refractivity contribution in [1.29, 1.82) is 0 Å². The van der Waals surface area contributed by atoms with Crippen LogP contribution in [0.3, 0.4) is 0 Å². The lowest BCUT2D eigenvalue weighted by Crippen LogP contribution is -2.38. The Hall–Kier alpha value is -2.97. The standard InChI is InChI=1S/C22H26F2N4O.C8H19N/c1-15(6-5-7-16(2)23)13-25-17(3)19-8-9-21(20(24)12-19)28-18(4)27-10-11-29-14-22(27)26-28;1-5-8(2)6-7-9(3)4/h7-9,12-13,25H,3-6,10-11,14H2,1-2H3;8H,5-7H2,1-4H3/b15-13+,16-7+;. The first kappa shape index (κ1) is 31.2.